The van der Waals surface area contributed by atoms with E-state index in [1.165, 1.54) is 25.3 Å². The summed E-state index contributed by atoms with van der Waals surface area (Å²) < 4.78 is 4.54. The maximum atomic E-state index is 11.5. The number of hydrogen-bond donors (Lipinski definition) is 0. The summed E-state index contributed by atoms with van der Waals surface area (Å²) in [7, 11) is 1.18. The highest BCUT2D eigenvalue weighted by Crippen LogP contribution is 2.30. The molecule has 0 bridgehead atoms. The van der Waals surface area contributed by atoms with Crippen molar-refractivity contribution in [3.63, 3.8) is 0 Å². The minimum Gasteiger partial charge on any atom is -0.465 e. The zero-order chi connectivity index (χ0) is 16.1. The van der Waals surface area contributed by atoms with E-state index in [1.807, 2.05) is 0 Å². The molecule has 0 N–H and O–H groups in total. The van der Waals surface area contributed by atoms with Crippen molar-refractivity contribution >= 4 is 23.4 Å². The van der Waals surface area contributed by atoms with Gasteiger partial charge in [0.05, 0.1) is 12.0 Å². The van der Waals surface area contributed by atoms with Crippen LogP contribution in [-0.2, 0) is 9.53 Å². The zero-order valence-electron chi connectivity index (χ0n) is 12.1. The van der Waals surface area contributed by atoms with E-state index in [-0.39, 0.29) is 11.3 Å². The third-order valence-electron chi connectivity index (χ3n) is 3.49. The molecule has 0 atom stereocenters. The van der Waals surface area contributed by atoms with Crippen LogP contribution < -0.4 is 4.90 Å². The minimum atomic E-state index is -0.763. The Hall–Kier alpha value is -2.88. The quantitative estimate of drug-likeness (QED) is 0.278. The molecular weight excluding hydrogens is 286 g/mol. The predicted octanol–water partition coefficient (Wildman–Crippen LogP) is 2.27. The van der Waals surface area contributed by atoms with E-state index < -0.39 is 10.9 Å². The predicted molar refractivity (Wildman–Crippen MR) is 80.1 cm³/mol. The van der Waals surface area contributed by atoms with Gasteiger partial charge in [-0.3, -0.25) is 10.1 Å². The lowest BCUT2D eigenvalue weighted by Gasteiger charge is -2.20. The van der Waals surface area contributed by atoms with Gasteiger partial charge in [-0.05, 0) is 25.0 Å². The van der Waals surface area contributed by atoms with Gasteiger partial charge in [-0.1, -0.05) is 0 Å². The summed E-state index contributed by atoms with van der Waals surface area (Å²) in [6.45, 7) is 1.69. The molecule has 1 aromatic rings. The highest BCUT2D eigenvalue weighted by Gasteiger charge is 2.19. The first-order valence-corrected chi connectivity index (χ1v) is 6.80. The summed E-state index contributed by atoms with van der Waals surface area (Å²) >= 11 is 0. The van der Waals surface area contributed by atoms with Crippen molar-refractivity contribution in [2.24, 2.45) is 0 Å². The summed E-state index contributed by atoms with van der Waals surface area (Å²) in [5, 5.41) is 20.0. The molecule has 1 fully saturated rings. The van der Waals surface area contributed by atoms with Gasteiger partial charge in [0.15, 0.2) is 0 Å². The number of nitriles is 1. The van der Waals surface area contributed by atoms with Gasteiger partial charge in [0.2, 0.25) is 0 Å². The second-order valence-corrected chi connectivity index (χ2v) is 4.86. The number of esters is 1. The van der Waals surface area contributed by atoms with E-state index in [0.29, 0.717) is 5.56 Å². The number of nitro benzene ring substituents is 1. The topological polar surface area (TPSA) is 96.5 Å². The van der Waals surface area contributed by atoms with Gasteiger partial charge >= 0.3 is 5.97 Å². The Morgan fingerprint density at radius 3 is 2.68 bits per heavy atom. The monoisotopic (exact) mass is 301 g/mol. The second kappa shape index (κ2) is 6.72. The van der Waals surface area contributed by atoms with E-state index in [4.69, 9.17) is 5.26 Å². The van der Waals surface area contributed by atoms with Crippen LogP contribution in [0.4, 0.5) is 11.4 Å². The lowest BCUT2D eigenvalue weighted by Crippen LogP contribution is -2.18. The van der Waals surface area contributed by atoms with Crippen molar-refractivity contribution in [3.05, 3.63) is 39.4 Å². The van der Waals surface area contributed by atoms with Crippen molar-refractivity contribution in [3.8, 4) is 6.07 Å². The fraction of sp³-hybridized carbons (Fsp3) is 0.333. The average molecular weight is 301 g/mol. The number of anilines is 1. The fourth-order valence-electron chi connectivity index (χ4n) is 2.42. The van der Waals surface area contributed by atoms with E-state index in [9.17, 15) is 14.9 Å². The number of benzene rings is 1. The number of methoxy groups -OCH3 is 1. The number of non-ortho nitro benzene ring substituents is 1. The molecule has 0 unspecified atom stereocenters. The molecule has 22 heavy (non-hydrogen) atoms. The van der Waals surface area contributed by atoms with E-state index in [0.717, 1.165) is 31.6 Å². The molecule has 0 spiro atoms. The Morgan fingerprint density at radius 1 is 1.45 bits per heavy atom. The summed E-state index contributed by atoms with van der Waals surface area (Å²) in [5.74, 6) is -0.763. The summed E-state index contributed by atoms with van der Waals surface area (Å²) in [5.41, 5.74) is 0.970. The summed E-state index contributed by atoms with van der Waals surface area (Å²) in [4.78, 5) is 24.1. The molecule has 7 nitrogen and oxygen atoms in total. The first kappa shape index (κ1) is 15.5. The molecule has 1 aliphatic heterocycles. The lowest BCUT2D eigenvalue weighted by atomic mass is 10.1. The van der Waals surface area contributed by atoms with Crippen LogP contribution in [0.1, 0.15) is 18.4 Å². The first-order chi connectivity index (χ1) is 10.6. The van der Waals surface area contributed by atoms with Gasteiger partial charge in [-0.15, -0.1) is 0 Å². The van der Waals surface area contributed by atoms with Crippen LogP contribution in [0.3, 0.4) is 0 Å². The Bertz CT molecular complexity index is 670. The van der Waals surface area contributed by atoms with Crippen LogP contribution in [0.5, 0.6) is 0 Å². The Balaban J connectivity index is 2.52. The van der Waals surface area contributed by atoms with Gasteiger partial charge in [0, 0.05) is 36.5 Å². The molecular formula is C15H15N3O4. The number of hydrogen-bond acceptors (Lipinski definition) is 6. The molecule has 0 amide bonds. The largest absolute Gasteiger partial charge is 0.465 e. The van der Waals surface area contributed by atoms with E-state index in [1.54, 1.807) is 12.1 Å². The number of carbonyl (C=O) groups is 1. The summed E-state index contributed by atoms with van der Waals surface area (Å²) in [6.07, 6.45) is 3.43. The van der Waals surface area contributed by atoms with Gasteiger partial charge in [0.1, 0.15) is 11.6 Å². The average Bonchev–Trinajstić information content (AvgIpc) is 3.05. The molecule has 1 aromatic carbocycles. The van der Waals surface area contributed by atoms with Gasteiger partial charge in [-0.2, -0.15) is 5.26 Å². The number of carbonyl (C=O) groups excluding carboxylic acids is 1. The van der Waals surface area contributed by atoms with Crippen molar-refractivity contribution in [2.45, 2.75) is 12.8 Å². The number of nitro groups is 1. The minimum absolute atomic E-state index is 0.0867. The molecule has 0 aromatic heterocycles. The van der Waals surface area contributed by atoms with E-state index >= 15 is 0 Å². The van der Waals surface area contributed by atoms with Crippen LogP contribution in [-0.4, -0.2) is 31.1 Å². The highest BCUT2D eigenvalue weighted by molar-refractivity contribution is 5.98. The molecule has 1 heterocycles. The van der Waals surface area contributed by atoms with Gasteiger partial charge in [-0.25, -0.2) is 4.79 Å². The normalized spacial score (nSPS) is 14.5. The maximum Gasteiger partial charge on any atom is 0.348 e. The van der Waals surface area contributed by atoms with Crippen LogP contribution in [0.2, 0.25) is 0 Å². The third kappa shape index (κ3) is 3.23. The standard InChI is InChI=1S/C15H15N3O4/c1-22-15(19)12(10-16)8-11-9-13(18(20)21)4-5-14(11)17-6-2-3-7-17/h4-5,8-9H,2-3,6-7H2,1H3/b12-8-. The smallest absolute Gasteiger partial charge is 0.348 e. The van der Waals surface area contributed by atoms with Crippen LogP contribution in [0, 0.1) is 21.4 Å². The van der Waals surface area contributed by atoms with Gasteiger partial charge in [0.25, 0.3) is 5.69 Å². The Morgan fingerprint density at radius 2 is 2.14 bits per heavy atom. The van der Waals surface area contributed by atoms with Crippen LogP contribution in [0.25, 0.3) is 6.08 Å². The van der Waals surface area contributed by atoms with E-state index in [2.05, 4.69) is 9.64 Å². The third-order valence-corrected chi connectivity index (χ3v) is 3.49. The van der Waals surface area contributed by atoms with Crippen LogP contribution in [0.15, 0.2) is 23.8 Å². The number of nitrogens with zero attached hydrogens (tertiary/aromatic N) is 3. The molecule has 7 heteroatoms. The molecule has 1 saturated heterocycles. The molecule has 0 saturated carbocycles. The lowest BCUT2D eigenvalue weighted by molar-refractivity contribution is -0.384. The molecule has 1 aliphatic rings. The molecule has 0 radical (unpaired) electrons. The molecule has 0 aliphatic carbocycles. The first-order valence-electron chi connectivity index (χ1n) is 6.80. The number of ether oxygens (including phenoxy) is 1. The fourth-order valence-corrected chi connectivity index (χ4v) is 2.42. The zero-order valence-corrected chi connectivity index (χ0v) is 12.1. The van der Waals surface area contributed by atoms with Crippen molar-refractivity contribution in [2.75, 3.05) is 25.1 Å². The molecule has 2 rings (SSSR count). The Kier molecular flexibility index (Phi) is 4.73. The Labute approximate surface area is 127 Å². The number of rotatable bonds is 4. The van der Waals surface area contributed by atoms with Crippen molar-refractivity contribution in [1.82, 2.24) is 0 Å². The molecule has 114 valence electrons. The maximum absolute atomic E-state index is 11.5. The second-order valence-electron chi connectivity index (χ2n) is 4.86. The van der Waals surface area contributed by atoms with Crippen molar-refractivity contribution < 1.29 is 14.5 Å². The van der Waals surface area contributed by atoms with Crippen LogP contribution >= 0.6 is 0 Å². The SMILES string of the molecule is COC(=O)/C(C#N)=C\c1cc([N+](=O)[O-])ccc1N1CCCC1. The summed E-state index contributed by atoms with van der Waals surface area (Å²) in [6, 6.07) is 6.22. The van der Waals surface area contributed by atoms with Gasteiger partial charge < -0.3 is 9.64 Å². The highest BCUT2D eigenvalue weighted by atomic mass is 16.6. The van der Waals surface area contributed by atoms with Crippen molar-refractivity contribution in [1.29, 1.82) is 5.26 Å².